The minimum atomic E-state index is -0.741. The maximum atomic E-state index is 11.7. The molecule has 0 aromatic heterocycles. The Morgan fingerprint density at radius 3 is 2.56 bits per heavy atom. The Morgan fingerprint density at radius 1 is 1.44 bits per heavy atom. The summed E-state index contributed by atoms with van der Waals surface area (Å²) in [5.74, 6) is -0.361. The number of hydrogen-bond donors (Lipinski definition) is 2. The lowest BCUT2D eigenvalue weighted by molar-refractivity contribution is -0.124. The van der Waals surface area contributed by atoms with Gasteiger partial charge in [-0.05, 0) is 16.7 Å². The van der Waals surface area contributed by atoms with Crippen molar-refractivity contribution >= 4 is 5.91 Å². The normalized spacial score (nSPS) is 15.8. The summed E-state index contributed by atoms with van der Waals surface area (Å²) in [5.41, 5.74) is 15.3. The van der Waals surface area contributed by atoms with E-state index in [0.717, 1.165) is 11.1 Å². The molecule has 0 atom stereocenters. The van der Waals surface area contributed by atoms with Gasteiger partial charge in [-0.2, -0.15) is 0 Å². The lowest BCUT2D eigenvalue weighted by Crippen LogP contribution is -2.57. The smallest absolute Gasteiger partial charge is 0.238 e. The Morgan fingerprint density at radius 2 is 2.06 bits per heavy atom. The van der Waals surface area contributed by atoms with Gasteiger partial charge in [-0.25, -0.2) is 0 Å². The Hall–Kier alpha value is -2.04. The van der Waals surface area contributed by atoms with Gasteiger partial charge in [0.2, 0.25) is 5.91 Å². The number of nitrogens with zero attached hydrogens (tertiary/aromatic N) is 3. The topological polar surface area (TPSA) is 104 Å². The molecule has 0 fully saturated rings. The molecule has 1 aromatic carbocycles. The van der Waals surface area contributed by atoms with Crippen LogP contribution in [0.15, 0.2) is 29.4 Å². The first-order valence-corrected chi connectivity index (χ1v) is 5.80. The third-order valence-corrected chi connectivity index (χ3v) is 3.31. The number of carbonyl (C=O) groups excluding carboxylic acids is 1. The molecule has 0 unspecified atom stereocenters. The minimum absolute atomic E-state index is 0.307. The highest BCUT2D eigenvalue weighted by Crippen LogP contribution is 2.29. The van der Waals surface area contributed by atoms with E-state index in [2.05, 4.69) is 15.3 Å². The van der Waals surface area contributed by atoms with Gasteiger partial charge in [0.1, 0.15) is 5.54 Å². The van der Waals surface area contributed by atoms with E-state index in [4.69, 9.17) is 11.3 Å². The van der Waals surface area contributed by atoms with Gasteiger partial charge in [-0.1, -0.05) is 29.4 Å². The third kappa shape index (κ3) is 2.30. The molecule has 0 bridgehead atoms. The molecule has 0 aliphatic heterocycles. The first-order valence-electron chi connectivity index (χ1n) is 5.80. The summed E-state index contributed by atoms with van der Waals surface area (Å²) in [4.78, 5) is 14.4. The van der Waals surface area contributed by atoms with Gasteiger partial charge < -0.3 is 11.1 Å². The van der Waals surface area contributed by atoms with Crippen molar-refractivity contribution in [2.45, 2.75) is 18.4 Å². The SMILES string of the molecule is [N-]=[N+]=NCCNC1(C(N)=O)Cc2ccccc2C1. The lowest BCUT2D eigenvalue weighted by atomic mass is 9.95. The van der Waals surface area contributed by atoms with E-state index in [1.165, 1.54) is 0 Å². The second-order valence-corrected chi connectivity index (χ2v) is 4.45. The number of primary amides is 1. The van der Waals surface area contributed by atoms with Crippen LogP contribution < -0.4 is 11.1 Å². The predicted octanol–water partition coefficient (Wildman–Crippen LogP) is 0.909. The second kappa shape index (κ2) is 5.08. The number of hydrogen-bond acceptors (Lipinski definition) is 3. The summed E-state index contributed by atoms with van der Waals surface area (Å²) in [6, 6.07) is 7.93. The maximum absolute atomic E-state index is 11.7. The van der Waals surface area contributed by atoms with Crippen molar-refractivity contribution in [3.63, 3.8) is 0 Å². The van der Waals surface area contributed by atoms with Crippen molar-refractivity contribution < 1.29 is 4.79 Å². The van der Waals surface area contributed by atoms with Crippen LogP contribution in [0.3, 0.4) is 0 Å². The Bertz CT molecular complexity index is 482. The highest BCUT2D eigenvalue weighted by Gasteiger charge is 2.41. The van der Waals surface area contributed by atoms with Crippen molar-refractivity contribution in [1.29, 1.82) is 0 Å². The van der Waals surface area contributed by atoms with E-state index >= 15 is 0 Å². The standard InChI is InChI=1S/C12H15N5O/c13-11(18)12(15-5-6-16-17-14)7-9-3-1-2-4-10(9)8-12/h1-4,15H,5-8H2,(H2,13,18). The van der Waals surface area contributed by atoms with Crippen molar-refractivity contribution in [1.82, 2.24) is 5.32 Å². The number of benzene rings is 1. The number of azide groups is 1. The van der Waals surface area contributed by atoms with Gasteiger partial charge in [0, 0.05) is 30.8 Å². The van der Waals surface area contributed by atoms with Gasteiger partial charge in [-0.15, -0.1) is 0 Å². The van der Waals surface area contributed by atoms with E-state index in [9.17, 15) is 4.79 Å². The summed E-state index contributed by atoms with van der Waals surface area (Å²) in [5, 5.41) is 6.58. The molecule has 0 spiro atoms. The molecule has 0 saturated carbocycles. The van der Waals surface area contributed by atoms with Gasteiger partial charge in [0.15, 0.2) is 0 Å². The first-order chi connectivity index (χ1) is 8.68. The summed E-state index contributed by atoms with van der Waals surface area (Å²) >= 11 is 0. The highest BCUT2D eigenvalue weighted by atomic mass is 16.1. The molecule has 6 nitrogen and oxygen atoms in total. The molecule has 18 heavy (non-hydrogen) atoms. The van der Waals surface area contributed by atoms with E-state index < -0.39 is 5.54 Å². The summed E-state index contributed by atoms with van der Waals surface area (Å²) in [7, 11) is 0. The Balaban J connectivity index is 2.12. The predicted molar refractivity (Wildman–Crippen MR) is 67.8 cm³/mol. The van der Waals surface area contributed by atoms with Crippen molar-refractivity contribution in [2.75, 3.05) is 13.1 Å². The van der Waals surface area contributed by atoms with Crippen LogP contribution >= 0.6 is 0 Å². The van der Waals surface area contributed by atoms with Crippen LogP contribution in [0.2, 0.25) is 0 Å². The molecule has 94 valence electrons. The van der Waals surface area contributed by atoms with Crippen LogP contribution in [0.25, 0.3) is 10.4 Å². The molecule has 1 aliphatic carbocycles. The maximum Gasteiger partial charge on any atom is 0.238 e. The highest BCUT2D eigenvalue weighted by molar-refractivity contribution is 5.86. The van der Waals surface area contributed by atoms with E-state index in [1.54, 1.807) is 0 Å². The molecule has 0 heterocycles. The minimum Gasteiger partial charge on any atom is -0.368 e. The summed E-state index contributed by atoms with van der Waals surface area (Å²) in [6.07, 6.45) is 1.18. The fourth-order valence-electron chi connectivity index (χ4n) is 2.39. The van der Waals surface area contributed by atoms with Crippen LogP contribution in [0.5, 0.6) is 0 Å². The number of rotatable bonds is 5. The lowest BCUT2D eigenvalue weighted by Gasteiger charge is -2.26. The average Bonchev–Trinajstić information content (AvgIpc) is 2.74. The molecule has 3 N–H and O–H groups in total. The second-order valence-electron chi connectivity index (χ2n) is 4.45. The number of fused-ring (bicyclic) bond motifs is 1. The van der Waals surface area contributed by atoms with E-state index in [-0.39, 0.29) is 5.91 Å². The van der Waals surface area contributed by atoms with Crippen LogP contribution in [0, 0.1) is 0 Å². The fourth-order valence-corrected chi connectivity index (χ4v) is 2.39. The molecule has 0 radical (unpaired) electrons. The van der Waals surface area contributed by atoms with Gasteiger partial charge in [-0.3, -0.25) is 4.79 Å². The van der Waals surface area contributed by atoms with E-state index in [1.807, 2.05) is 24.3 Å². The Labute approximate surface area is 105 Å². The molecule has 0 saturated heterocycles. The first kappa shape index (κ1) is 12.4. The molecular weight excluding hydrogens is 230 g/mol. The average molecular weight is 245 g/mol. The number of nitrogens with two attached hydrogens (primary N) is 1. The third-order valence-electron chi connectivity index (χ3n) is 3.31. The quantitative estimate of drug-likeness (QED) is 0.348. The Kier molecular flexibility index (Phi) is 3.50. The van der Waals surface area contributed by atoms with Crippen molar-refractivity contribution in [3.05, 3.63) is 45.8 Å². The molecule has 1 aromatic rings. The largest absolute Gasteiger partial charge is 0.368 e. The zero-order valence-electron chi connectivity index (χ0n) is 9.97. The fraction of sp³-hybridized carbons (Fsp3) is 0.417. The molecule has 2 rings (SSSR count). The molecule has 1 aliphatic rings. The summed E-state index contributed by atoms with van der Waals surface area (Å²) < 4.78 is 0. The van der Waals surface area contributed by atoms with Gasteiger partial charge >= 0.3 is 0 Å². The van der Waals surface area contributed by atoms with Gasteiger partial charge in [0.25, 0.3) is 0 Å². The molecule has 6 heteroatoms. The van der Waals surface area contributed by atoms with Gasteiger partial charge in [0.05, 0.1) is 0 Å². The molecule has 1 amide bonds. The summed E-state index contributed by atoms with van der Waals surface area (Å²) in [6.45, 7) is 0.753. The van der Waals surface area contributed by atoms with Crippen LogP contribution in [0.4, 0.5) is 0 Å². The van der Waals surface area contributed by atoms with Crippen LogP contribution in [-0.2, 0) is 17.6 Å². The van der Waals surface area contributed by atoms with Crippen LogP contribution in [-0.4, -0.2) is 24.5 Å². The van der Waals surface area contributed by atoms with Crippen molar-refractivity contribution in [3.8, 4) is 0 Å². The number of amides is 1. The number of carbonyl (C=O) groups is 1. The van der Waals surface area contributed by atoms with Crippen molar-refractivity contribution in [2.24, 2.45) is 10.8 Å². The zero-order chi connectivity index (χ0) is 13.0. The molecular formula is C12H15N5O. The number of nitrogens with one attached hydrogen (secondary N) is 1. The van der Waals surface area contributed by atoms with Crippen LogP contribution in [0.1, 0.15) is 11.1 Å². The zero-order valence-corrected chi connectivity index (χ0v) is 9.97. The van der Waals surface area contributed by atoms with E-state index in [0.29, 0.717) is 25.9 Å². The monoisotopic (exact) mass is 245 g/mol.